The highest BCUT2D eigenvalue weighted by Crippen LogP contribution is 2.44. The van der Waals surface area contributed by atoms with Crippen LogP contribution in [0.1, 0.15) is 6.42 Å². The van der Waals surface area contributed by atoms with Gasteiger partial charge >= 0.3 is 0 Å². The van der Waals surface area contributed by atoms with Gasteiger partial charge in [0.2, 0.25) is 0 Å². The summed E-state index contributed by atoms with van der Waals surface area (Å²) in [6.45, 7) is 5.13. The Kier molecular flexibility index (Phi) is 1.63. The van der Waals surface area contributed by atoms with Crippen molar-refractivity contribution >= 4 is 0 Å². The summed E-state index contributed by atoms with van der Waals surface area (Å²) in [5, 5.41) is 0. The van der Waals surface area contributed by atoms with Crippen molar-refractivity contribution in [2.24, 2.45) is 11.8 Å². The Hall–Kier alpha value is -0.120. The van der Waals surface area contributed by atoms with Gasteiger partial charge in [-0.25, -0.2) is 0 Å². The standard InChI is InChI=1S/C9H15NO2/c1-2-12-9(11-1)6-10-4-7-3-8(7)5-10/h7-9H,1-6H2. The Labute approximate surface area is 72.6 Å². The molecule has 68 valence electrons. The normalized spacial score (nSPS) is 42.0. The summed E-state index contributed by atoms with van der Waals surface area (Å²) < 4.78 is 10.8. The van der Waals surface area contributed by atoms with Crippen molar-refractivity contribution in [2.75, 3.05) is 32.8 Å². The number of likely N-dealkylation sites (tertiary alicyclic amines) is 1. The van der Waals surface area contributed by atoms with Gasteiger partial charge in [-0.05, 0) is 18.3 Å². The van der Waals surface area contributed by atoms with E-state index in [0.29, 0.717) is 0 Å². The van der Waals surface area contributed by atoms with Gasteiger partial charge in [0, 0.05) is 19.6 Å². The lowest BCUT2D eigenvalue weighted by molar-refractivity contribution is -0.0600. The molecule has 3 nitrogen and oxygen atoms in total. The monoisotopic (exact) mass is 169 g/mol. The molecule has 0 radical (unpaired) electrons. The van der Waals surface area contributed by atoms with Crippen molar-refractivity contribution in [3.63, 3.8) is 0 Å². The molecule has 0 amide bonds. The molecule has 3 heteroatoms. The van der Waals surface area contributed by atoms with Crippen LogP contribution >= 0.6 is 0 Å². The third-order valence-corrected chi connectivity index (χ3v) is 3.15. The van der Waals surface area contributed by atoms with Crippen LogP contribution in [0.5, 0.6) is 0 Å². The highest BCUT2D eigenvalue weighted by atomic mass is 16.7. The van der Waals surface area contributed by atoms with Crippen molar-refractivity contribution in [1.82, 2.24) is 4.90 Å². The first kappa shape index (κ1) is 7.30. The Morgan fingerprint density at radius 1 is 1.08 bits per heavy atom. The van der Waals surface area contributed by atoms with Gasteiger partial charge < -0.3 is 9.47 Å². The first-order valence-corrected chi connectivity index (χ1v) is 4.87. The zero-order chi connectivity index (χ0) is 7.97. The first-order valence-electron chi connectivity index (χ1n) is 4.87. The zero-order valence-corrected chi connectivity index (χ0v) is 7.24. The largest absolute Gasteiger partial charge is 0.349 e. The first-order chi connectivity index (χ1) is 5.92. The third-order valence-electron chi connectivity index (χ3n) is 3.15. The summed E-state index contributed by atoms with van der Waals surface area (Å²) in [6, 6.07) is 0. The van der Waals surface area contributed by atoms with Gasteiger partial charge in [0.05, 0.1) is 13.2 Å². The Morgan fingerprint density at radius 3 is 2.42 bits per heavy atom. The molecule has 1 aliphatic carbocycles. The molecule has 0 spiro atoms. The SMILES string of the molecule is C1COC(CN2CC3CC3C2)O1. The highest BCUT2D eigenvalue weighted by molar-refractivity contribution is 4.96. The predicted octanol–water partition coefficient (Wildman–Crippen LogP) is 0.311. The van der Waals surface area contributed by atoms with E-state index in [1.807, 2.05) is 0 Å². The number of piperidine rings is 1. The molecule has 12 heavy (non-hydrogen) atoms. The molecule has 2 atom stereocenters. The molecular formula is C9H15NO2. The van der Waals surface area contributed by atoms with E-state index in [4.69, 9.17) is 9.47 Å². The van der Waals surface area contributed by atoms with E-state index in [1.54, 1.807) is 0 Å². The summed E-state index contributed by atoms with van der Waals surface area (Å²) in [5.41, 5.74) is 0. The fourth-order valence-corrected chi connectivity index (χ4v) is 2.37. The fraction of sp³-hybridized carbons (Fsp3) is 1.00. The molecule has 2 saturated heterocycles. The average Bonchev–Trinajstić information content (AvgIpc) is 2.55. The van der Waals surface area contributed by atoms with Gasteiger partial charge in [-0.15, -0.1) is 0 Å². The minimum Gasteiger partial charge on any atom is -0.349 e. The number of nitrogens with zero attached hydrogens (tertiary/aromatic N) is 1. The van der Waals surface area contributed by atoms with E-state index in [-0.39, 0.29) is 6.29 Å². The molecule has 3 fully saturated rings. The van der Waals surface area contributed by atoms with Crippen molar-refractivity contribution in [1.29, 1.82) is 0 Å². The topological polar surface area (TPSA) is 21.7 Å². The van der Waals surface area contributed by atoms with Crippen LogP contribution in [0.3, 0.4) is 0 Å². The molecule has 2 heterocycles. The zero-order valence-electron chi connectivity index (χ0n) is 7.24. The van der Waals surface area contributed by atoms with Gasteiger partial charge in [-0.1, -0.05) is 0 Å². The van der Waals surface area contributed by atoms with Crippen molar-refractivity contribution in [3.8, 4) is 0 Å². The molecule has 2 aliphatic heterocycles. The Balaban J connectivity index is 1.48. The molecular weight excluding hydrogens is 154 g/mol. The molecule has 0 aromatic carbocycles. The number of rotatable bonds is 2. The lowest BCUT2D eigenvalue weighted by atomic mass is 10.4. The number of fused-ring (bicyclic) bond motifs is 1. The van der Waals surface area contributed by atoms with Crippen LogP contribution in [-0.2, 0) is 9.47 Å². The van der Waals surface area contributed by atoms with Crippen molar-refractivity contribution in [2.45, 2.75) is 12.7 Å². The van der Waals surface area contributed by atoms with E-state index in [9.17, 15) is 0 Å². The van der Waals surface area contributed by atoms with Gasteiger partial charge in [-0.2, -0.15) is 0 Å². The summed E-state index contributed by atoms with van der Waals surface area (Å²) in [4.78, 5) is 2.48. The van der Waals surface area contributed by atoms with E-state index >= 15 is 0 Å². The molecule has 2 unspecified atom stereocenters. The summed E-state index contributed by atoms with van der Waals surface area (Å²) in [5.74, 6) is 2.04. The van der Waals surface area contributed by atoms with Crippen LogP contribution in [0.25, 0.3) is 0 Å². The van der Waals surface area contributed by atoms with Gasteiger partial charge in [0.1, 0.15) is 0 Å². The third kappa shape index (κ3) is 1.26. The quantitative estimate of drug-likeness (QED) is 0.594. The van der Waals surface area contributed by atoms with E-state index in [1.165, 1.54) is 19.5 Å². The Morgan fingerprint density at radius 2 is 1.75 bits per heavy atom. The molecule has 0 aromatic heterocycles. The van der Waals surface area contributed by atoms with Crippen LogP contribution in [0, 0.1) is 11.8 Å². The minimum absolute atomic E-state index is 0.0718. The van der Waals surface area contributed by atoms with Gasteiger partial charge in [0.15, 0.2) is 6.29 Å². The molecule has 3 rings (SSSR count). The lowest BCUT2D eigenvalue weighted by Gasteiger charge is -2.20. The summed E-state index contributed by atoms with van der Waals surface area (Å²) in [6.07, 6.45) is 1.55. The second kappa shape index (κ2) is 2.69. The molecule has 1 saturated carbocycles. The van der Waals surface area contributed by atoms with E-state index < -0.39 is 0 Å². The summed E-state index contributed by atoms with van der Waals surface area (Å²) in [7, 11) is 0. The summed E-state index contributed by atoms with van der Waals surface area (Å²) >= 11 is 0. The lowest BCUT2D eigenvalue weighted by Crippen LogP contribution is -2.32. The number of ether oxygens (including phenoxy) is 2. The van der Waals surface area contributed by atoms with Crippen LogP contribution in [0.15, 0.2) is 0 Å². The van der Waals surface area contributed by atoms with Crippen LogP contribution in [0.4, 0.5) is 0 Å². The minimum atomic E-state index is 0.0718. The van der Waals surface area contributed by atoms with Crippen LogP contribution in [0.2, 0.25) is 0 Å². The van der Waals surface area contributed by atoms with Gasteiger partial charge in [-0.3, -0.25) is 4.90 Å². The maximum Gasteiger partial charge on any atom is 0.170 e. The maximum atomic E-state index is 5.40. The van der Waals surface area contributed by atoms with Crippen LogP contribution < -0.4 is 0 Å². The highest BCUT2D eigenvalue weighted by Gasteiger charge is 2.45. The molecule has 0 bridgehead atoms. The second-order valence-corrected chi connectivity index (χ2v) is 4.15. The predicted molar refractivity (Wildman–Crippen MR) is 43.7 cm³/mol. The average molecular weight is 169 g/mol. The fourth-order valence-electron chi connectivity index (χ4n) is 2.37. The van der Waals surface area contributed by atoms with E-state index in [0.717, 1.165) is 31.6 Å². The second-order valence-electron chi connectivity index (χ2n) is 4.15. The molecule has 3 aliphatic rings. The number of hydrogen-bond acceptors (Lipinski definition) is 3. The van der Waals surface area contributed by atoms with Crippen molar-refractivity contribution in [3.05, 3.63) is 0 Å². The molecule has 0 aromatic rings. The Bertz CT molecular complexity index is 169. The maximum absolute atomic E-state index is 5.40. The van der Waals surface area contributed by atoms with Crippen LogP contribution in [-0.4, -0.2) is 44.0 Å². The van der Waals surface area contributed by atoms with Crippen molar-refractivity contribution < 1.29 is 9.47 Å². The molecule has 0 N–H and O–H groups in total. The van der Waals surface area contributed by atoms with E-state index in [2.05, 4.69) is 4.90 Å². The van der Waals surface area contributed by atoms with Gasteiger partial charge in [0.25, 0.3) is 0 Å². The smallest absolute Gasteiger partial charge is 0.170 e. The number of hydrogen-bond donors (Lipinski definition) is 0.